The molecule has 0 spiro atoms. The van der Waals surface area contributed by atoms with Crippen molar-refractivity contribution in [2.75, 3.05) is 7.11 Å². The van der Waals surface area contributed by atoms with Crippen LogP contribution in [0.3, 0.4) is 0 Å². The fraction of sp³-hybridized carbons (Fsp3) is 0.636. The van der Waals surface area contributed by atoms with E-state index in [0.717, 1.165) is 0 Å². The lowest BCUT2D eigenvalue weighted by Crippen LogP contribution is -2.34. The van der Waals surface area contributed by atoms with E-state index in [1.807, 2.05) is 19.1 Å². The first kappa shape index (κ1) is 10.2. The van der Waals surface area contributed by atoms with Crippen molar-refractivity contribution in [3.63, 3.8) is 0 Å². The molecule has 2 rings (SSSR count). The highest BCUT2D eigenvalue weighted by Gasteiger charge is 2.49. The minimum atomic E-state index is -0.373. The number of methoxy groups -OCH3 is 1. The molecule has 1 fully saturated rings. The van der Waals surface area contributed by atoms with Crippen molar-refractivity contribution in [1.29, 1.82) is 0 Å². The number of rotatable bonds is 1. The summed E-state index contributed by atoms with van der Waals surface area (Å²) in [5, 5.41) is 0. The Bertz CT molecular complexity index is 321. The number of hydrogen-bond donors (Lipinski definition) is 0. The standard InChI is InChI=1S/C11H14O4/c1-6-7-4-3-5-8(10(12)14-2)9(7)11(13)15-6/h3-4,6-9H,5H2,1-2H3/t6-,7+,8-,9+/m0/s1. The quantitative estimate of drug-likeness (QED) is 0.477. The highest BCUT2D eigenvalue weighted by molar-refractivity contribution is 5.84. The second-order valence-electron chi connectivity index (χ2n) is 4.04. The minimum absolute atomic E-state index is 0.0235. The van der Waals surface area contributed by atoms with Crippen LogP contribution < -0.4 is 0 Å². The number of allylic oxidation sites excluding steroid dienone is 1. The van der Waals surface area contributed by atoms with Crippen molar-refractivity contribution in [3.8, 4) is 0 Å². The number of ether oxygens (including phenoxy) is 2. The predicted molar refractivity (Wildman–Crippen MR) is 51.8 cm³/mol. The Labute approximate surface area is 88.2 Å². The summed E-state index contributed by atoms with van der Waals surface area (Å²) in [6.07, 6.45) is 4.34. The highest BCUT2D eigenvalue weighted by Crippen LogP contribution is 2.40. The van der Waals surface area contributed by atoms with Crippen LogP contribution in [-0.4, -0.2) is 25.2 Å². The van der Waals surface area contributed by atoms with Gasteiger partial charge in [-0.05, 0) is 13.3 Å². The molecule has 82 valence electrons. The van der Waals surface area contributed by atoms with E-state index in [1.165, 1.54) is 7.11 Å². The number of esters is 2. The van der Waals surface area contributed by atoms with Crippen molar-refractivity contribution in [1.82, 2.24) is 0 Å². The van der Waals surface area contributed by atoms with Gasteiger partial charge in [0, 0.05) is 5.92 Å². The van der Waals surface area contributed by atoms with Crippen molar-refractivity contribution >= 4 is 11.9 Å². The zero-order chi connectivity index (χ0) is 11.0. The Hall–Kier alpha value is -1.32. The minimum Gasteiger partial charge on any atom is -0.469 e. The molecule has 0 radical (unpaired) electrons. The zero-order valence-electron chi connectivity index (χ0n) is 8.80. The third kappa shape index (κ3) is 1.54. The van der Waals surface area contributed by atoms with Crippen LogP contribution in [0.5, 0.6) is 0 Å². The van der Waals surface area contributed by atoms with Gasteiger partial charge in [-0.15, -0.1) is 0 Å². The highest BCUT2D eigenvalue weighted by atomic mass is 16.6. The largest absolute Gasteiger partial charge is 0.469 e. The van der Waals surface area contributed by atoms with Crippen LogP contribution in [0.4, 0.5) is 0 Å². The van der Waals surface area contributed by atoms with Gasteiger partial charge in [-0.25, -0.2) is 0 Å². The van der Waals surface area contributed by atoms with Gasteiger partial charge < -0.3 is 9.47 Å². The van der Waals surface area contributed by atoms with Gasteiger partial charge in [0.2, 0.25) is 0 Å². The van der Waals surface area contributed by atoms with E-state index in [-0.39, 0.29) is 35.8 Å². The first-order valence-corrected chi connectivity index (χ1v) is 5.10. The molecule has 1 saturated heterocycles. The van der Waals surface area contributed by atoms with Crippen molar-refractivity contribution in [3.05, 3.63) is 12.2 Å². The molecule has 4 nitrogen and oxygen atoms in total. The third-order valence-electron chi connectivity index (χ3n) is 3.22. The van der Waals surface area contributed by atoms with E-state index in [4.69, 9.17) is 9.47 Å². The average Bonchev–Trinajstić information content (AvgIpc) is 2.54. The number of carbonyl (C=O) groups excluding carboxylic acids is 2. The molecule has 1 heterocycles. The number of fused-ring (bicyclic) bond motifs is 1. The van der Waals surface area contributed by atoms with E-state index in [2.05, 4.69) is 0 Å². The molecule has 1 aliphatic heterocycles. The van der Waals surface area contributed by atoms with E-state index in [9.17, 15) is 9.59 Å². The predicted octanol–water partition coefficient (Wildman–Crippen LogP) is 0.913. The summed E-state index contributed by atoms with van der Waals surface area (Å²) in [5.41, 5.74) is 0. The first-order valence-electron chi connectivity index (χ1n) is 5.10. The van der Waals surface area contributed by atoms with Gasteiger partial charge in [-0.1, -0.05) is 12.2 Å². The summed E-state index contributed by atoms with van der Waals surface area (Å²) in [6.45, 7) is 1.85. The number of cyclic esters (lactones) is 1. The van der Waals surface area contributed by atoms with Crippen LogP contribution in [0.1, 0.15) is 13.3 Å². The molecular weight excluding hydrogens is 196 g/mol. The molecule has 15 heavy (non-hydrogen) atoms. The van der Waals surface area contributed by atoms with E-state index in [1.54, 1.807) is 0 Å². The van der Waals surface area contributed by atoms with Gasteiger partial charge in [-0.3, -0.25) is 9.59 Å². The van der Waals surface area contributed by atoms with Gasteiger partial charge in [0.05, 0.1) is 18.9 Å². The maximum Gasteiger partial charge on any atom is 0.310 e. The molecule has 0 N–H and O–H groups in total. The van der Waals surface area contributed by atoms with Crippen LogP contribution in [0.15, 0.2) is 12.2 Å². The molecule has 1 aliphatic carbocycles. The van der Waals surface area contributed by atoms with Crippen LogP contribution >= 0.6 is 0 Å². The summed E-state index contributed by atoms with van der Waals surface area (Å²) in [5.74, 6) is -1.29. The van der Waals surface area contributed by atoms with Gasteiger partial charge in [0.25, 0.3) is 0 Å². The summed E-state index contributed by atoms with van der Waals surface area (Å²) in [4.78, 5) is 23.1. The Balaban J connectivity index is 2.26. The Kier molecular flexibility index (Phi) is 2.50. The molecule has 0 aromatic heterocycles. The maximum absolute atomic E-state index is 11.6. The molecular formula is C11H14O4. The molecule has 0 saturated carbocycles. The van der Waals surface area contributed by atoms with Crippen molar-refractivity contribution in [2.45, 2.75) is 19.4 Å². The van der Waals surface area contributed by atoms with Gasteiger partial charge in [0.1, 0.15) is 6.10 Å². The lowest BCUT2D eigenvalue weighted by molar-refractivity contribution is -0.154. The molecule has 0 bridgehead atoms. The average molecular weight is 210 g/mol. The number of carbonyl (C=O) groups is 2. The Morgan fingerprint density at radius 2 is 2.33 bits per heavy atom. The smallest absolute Gasteiger partial charge is 0.310 e. The van der Waals surface area contributed by atoms with Gasteiger partial charge in [-0.2, -0.15) is 0 Å². The van der Waals surface area contributed by atoms with Crippen molar-refractivity contribution < 1.29 is 19.1 Å². The molecule has 4 atom stereocenters. The second-order valence-corrected chi connectivity index (χ2v) is 4.04. The summed E-state index contributed by atoms with van der Waals surface area (Å²) >= 11 is 0. The second kappa shape index (κ2) is 3.68. The lowest BCUT2D eigenvalue weighted by Gasteiger charge is -2.25. The maximum atomic E-state index is 11.6. The molecule has 0 amide bonds. The molecule has 0 aromatic rings. The SMILES string of the molecule is COC(=O)[C@H]1CC=C[C@H]2[C@H]1C(=O)O[C@H]2C. The lowest BCUT2D eigenvalue weighted by atomic mass is 9.75. The molecule has 4 heteroatoms. The van der Waals surface area contributed by atoms with Crippen LogP contribution in [0, 0.1) is 17.8 Å². The fourth-order valence-corrected chi connectivity index (χ4v) is 2.42. The summed E-state index contributed by atoms with van der Waals surface area (Å²) in [7, 11) is 1.35. The zero-order valence-corrected chi connectivity index (χ0v) is 8.80. The molecule has 0 unspecified atom stereocenters. The third-order valence-corrected chi connectivity index (χ3v) is 3.22. The normalized spacial score (nSPS) is 38.4. The topological polar surface area (TPSA) is 52.6 Å². The summed E-state index contributed by atoms with van der Waals surface area (Å²) in [6, 6.07) is 0. The van der Waals surface area contributed by atoms with E-state index < -0.39 is 0 Å². The number of hydrogen-bond acceptors (Lipinski definition) is 4. The fourth-order valence-electron chi connectivity index (χ4n) is 2.42. The van der Waals surface area contributed by atoms with Crippen LogP contribution in [-0.2, 0) is 19.1 Å². The van der Waals surface area contributed by atoms with E-state index >= 15 is 0 Å². The van der Waals surface area contributed by atoms with E-state index in [0.29, 0.717) is 6.42 Å². The van der Waals surface area contributed by atoms with Crippen LogP contribution in [0.25, 0.3) is 0 Å². The Morgan fingerprint density at radius 3 is 3.00 bits per heavy atom. The van der Waals surface area contributed by atoms with Crippen LogP contribution in [0.2, 0.25) is 0 Å². The monoisotopic (exact) mass is 210 g/mol. The molecule has 2 aliphatic rings. The first-order chi connectivity index (χ1) is 7.15. The van der Waals surface area contributed by atoms with Gasteiger partial charge >= 0.3 is 11.9 Å². The van der Waals surface area contributed by atoms with Gasteiger partial charge in [0.15, 0.2) is 0 Å². The Morgan fingerprint density at radius 1 is 1.60 bits per heavy atom. The summed E-state index contributed by atoms with van der Waals surface area (Å²) < 4.78 is 9.84. The molecule has 0 aromatic carbocycles. The van der Waals surface area contributed by atoms with Crippen molar-refractivity contribution in [2.24, 2.45) is 17.8 Å².